The van der Waals surface area contributed by atoms with Crippen LogP contribution in [0.3, 0.4) is 0 Å². The Morgan fingerprint density at radius 1 is 1.13 bits per heavy atom. The number of para-hydroxylation sites is 1. The van der Waals surface area contributed by atoms with Crippen LogP contribution in [0.15, 0.2) is 83.4 Å². The molecule has 3 N–H and O–H groups in total. The molecule has 0 unspecified atom stereocenters. The van der Waals surface area contributed by atoms with E-state index in [2.05, 4.69) is 15.6 Å². The van der Waals surface area contributed by atoms with E-state index in [9.17, 15) is 19.1 Å². The number of carboxylic acids is 1. The van der Waals surface area contributed by atoms with Crippen LogP contribution in [0, 0.1) is 5.82 Å². The standard InChI is InChI=1S/C28H22ClFN4O4S/c29-18-9-8-16(27(36)37)15-17(18)22-10-11-23(38-22)26-25(21-7-3-4-13-31-21)33-28(39)34(26)14-12-24(35)32-20-6-2-1-5-19(20)30/h1-11,13,15,25-26H,12,14H2,(H,32,35)(H,33,39)(H,36,37)/t25-,26+/m1/s1. The third-order valence-corrected chi connectivity index (χ3v) is 7.00. The van der Waals surface area contributed by atoms with Gasteiger partial charge >= 0.3 is 5.97 Å². The molecular formula is C28H22ClFN4O4S. The molecule has 5 rings (SSSR count). The Kier molecular flexibility index (Phi) is 7.58. The number of amides is 1. The maximum atomic E-state index is 14.0. The second-order valence-electron chi connectivity index (χ2n) is 8.80. The van der Waals surface area contributed by atoms with Crippen LogP contribution in [0.4, 0.5) is 10.1 Å². The summed E-state index contributed by atoms with van der Waals surface area (Å²) in [5.41, 5.74) is 1.32. The zero-order valence-electron chi connectivity index (χ0n) is 20.3. The summed E-state index contributed by atoms with van der Waals surface area (Å²) in [6, 6.07) is 18.4. The molecule has 1 aliphatic rings. The number of carbonyl (C=O) groups excluding carboxylic acids is 1. The molecule has 0 spiro atoms. The van der Waals surface area contributed by atoms with E-state index in [1.165, 1.54) is 30.3 Å². The summed E-state index contributed by atoms with van der Waals surface area (Å²) in [4.78, 5) is 30.5. The van der Waals surface area contributed by atoms with Crippen molar-refractivity contribution in [2.24, 2.45) is 0 Å². The smallest absolute Gasteiger partial charge is 0.335 e. The van der Waals surface area contributed by atoms with Gasteiger partial charge in [0, 0.05) is 24.7 Å². The van der Waals surface area contributed by atoms with Crippen LogP contribution in [0.25, 0.3) is 11.3 Å². The van der Waals surface area contributed by atoms with Crippen molar-refractivity contribution in [2.45, 2.75) is 18.5 Å². The minimum absolute atomic E-state index is 0.0294. The highest BCUT2D eigenvalue weighted by Crippen LogP contribution is 2.41. The summed E-state index contributed by atoms with van der Waals surface area (Å²) >= 11 is 12.0. The monoisotopic (exact) mass is 564 g/mol. The highest BCUT2D eigenvalue weighted by Gasteiger charge is 2.41. The minimum Gasteiger partial charge on any atom is -0.478 e. The van der Waals surface area contributed by atoms with Gasteiger partial charge in [0.05, 0.1) is 28.0 Å². The number of thiocarbonyl (C=S) groups is 1. The molecule has 198 valence electrons. The van der Waals surface area contributed by atoms with E-state index in [4.69, 9.17) is 28.2 Å². The summed E-state index contributed by atoms with van der Waals surface area (Å²) in [5.74, 6) is -1.08. The Morgan fingerprint density at radius 3 is 2.67 bits per heavy atom. The Bertz CT molecular complexity index is 1550. The van der Waals surface area contributed by atoms with Gasteiger partial charge in [0.25, 0.3) is 0 Å². The molecule has 0 saturated carbocycles. The SMILES string of the molecule is O=C(CCN1C(=S)N[C@H](c2ccccn2)[C@@H]1c1ccc(-c2cc(C(=O)O)ccc2Cl)o1)Nc1ccccc1F. The first-order valence-corrected chi connectivity index (χ1v) is 12.8. The van der Waals surface area contributed by atoms with E-state index in [0.717, 1.165) is 0 Å². The van der Waals surface area contributed by atoms with Crippen molar-refractivity contribution in [3.63, 3.8) is 0 Å². The lowest BCUT2D eigenvalue weighted by Crippen LogP contribution is -2.32. The van der Waals surface area contributed by atoms with Crippen LogP contribution in [-0.4, -0.2) is 38.5 Å². The van der Waals surface area contributed by atoms with Gasteiger partial charge in [-0.05, 0) is 66.8 Å². The maximum Gasteiger partial charge on any atom is 0.335 e. The molecular weight excluding hydrogens is 543 g/mol. The second-order valence-corrected chi connectivity index (χ2v) is 9.59. The van der Waals surface area contributed by atoms with Crippen molar-refractivity contribution in [2.75, 3.05) is 11.9 Å². The fraction of sp³-hybridized carbons (Fsp3) is 0.143. The molecule has 0 aliphatic carbocycles. The van der Waals surface area contributed by atoms with Crippen molar-refractivity contribution in [3.8, 4) is 11.3 Å². The molecule has 11 heteroatoms. The number of aromatic nitrogens is 1. The number of carboxylic acid groups (broad SMARTS) is 1. The maximum absolute atomic E-state index is 14.0. The summed E-state index contributed by atoms with van der Waals surface area (Å²) in [5, 5.41) is 16.0. The van der Waals surface area contributed by atoms with E-state index in [-0.39, 0.29) is 30.1 Å². The summed E-state index contributed by atoms with van der Waals surface area (Å²) in [6.07, 6.45) is 1.70. The van der Waals surface area contributed by atoms with Gasteiger partial charge in [0.1, 0.15) is 23.4 Å². The second kappa shape index (κ2) is 11.2. The number of hydrogen-bond donors (Lipinski definition) is 3. The molecule has 1 amide bonds. The van der Waals surface area contributed by atoms with Crippen LogP contribution in [-0.2, 0) is 4.79 Å². The van der Waals surface area contributed by atoms with Crippen LogP contribution in [0.1, 0.15) is 40.3 Å². The Morgan fingerprint density at radius 2 is 1.92 bits per heavy atom. The predicted octanol–water partition coefficient (Wildman–Crippen LogP) is 5.83. The summed E-state index contributed by atoms with van der Waals surface area (Å²) < 4.78 is 20.2. The van der Waals surface area contributed by atoms with E-state index < -0.39 is 23.9 Å². The lowest BCUT2D eigenvalue weighted by Gasteiger charge is -2.25. The number of halogens is 2. The van der Waals surface area contributed by atoms with Gasteiger partial charge in [-0.15, -0.1) is 0 Å². The van der Waals surface area contributed by atoms with Gasteiger partial charge in [-0.2, -0.15) is 0 Å². The molecule has 0 radical (unpaired) electrons. The molecule has 8 nitrogen and oxygen atoms in total. The average molecular weight is 565 g/mol. The third kappa shape index (κ3) is 5.62. The molecule has 1 fully saturated rings. The molecule has 39 heavy (non-hydrogen) atoms. The number of rotatable bonds is 8. The number of nitrogens with one attached hydrogen (secondary N) is 2. The quantitative estimate of drug-likeness (QED) is 0.229. The topological polar surface area (TPSA) is 108 Å². The van der Waals surface area contributed by atoms with Crippen LogP contribution >= 0.6 is 23.8 Å². The van der Waals surface area contributed by atoms with Gasteiger partial charge in [-0.1, -0.05) is 29.8 Å². The molecule has 4 aromatic rings. The van der Waals surface area contributed by atoms with Crippen molar-refractivity contribution in [1.82, 2.24) is 15.2 Å². The number of anilines is 1. The van der Waals surface area contributed by atoms with Crippen LogP contribution in [0.5, 0.6) is 0 Å². The van der Waals surface area contributed by atoms with E-state index in [1.54, 1.807) is 36.5 Å². The zero-order valence-corrected chi connectivity index (χ0v) is 21.9. The molecule has 3 heterocycles. The van der Waals surface area contributed by atoms with Gasteiger partial charge in [0.15, 0.2) is 5.11 Å². The normalized spacial score (nSPS) is 16.7. The van der Waals surface area contributed by atoms with Crippen molar-refractivity contribution >= 4 is 46.5 Å². The number of furan rings is 1. The average Bonchev–Trinajstić information content (AvgIpc) is 3.54. The predicted molar refractivity (Wildman–Crippen MR) is 148 cm³/mol. The molecule has 2 aromatic heterocycles. The lowest BCUT2D eigenvalue weighted by atomic mass is 10.0. The van der Waals surface area contributed by atoms with Gasteiger partial charge < -0.3 is 25.1 Å². The zero-order chi connectivity index (χ0) is 27.5. The third-order valence-electron chi connectivity index (χ3n) is 6.32. The first-order chi connectivity index (χ1) is 18.8. The first kappa shape index (κ1) is 26.3. The highest BCUT2D eigenvalue weighted by molar-refractivity contribution is 7.80. The Hall–Kier alpha value is -4.28. The Balaban J connectivity index is 1.43. The number of aromatic carboxylic acids is 1. The molecule has 2 aromatic carbocycles. The van der Waals surface area contributed by atoms with Crippen molar-refractivity contribution in [3.05, 3.63) is 107 Å². The molecule has 1 saturated heterocycles. The summed E-state index contributed by atoms with van der Waals surface area (Å²) in [7, 11) is 0. The number of pyridine rings is 1. The van der Waals surface area contributed by atoms with E-state index in [1.807, 2.05) is 17.0 Å². The molecule has 2 atom stereocenters. The minimum atomic E-state index is -1.08. The number of hydrogen-bond acceptors (Lipinski definition) is 5. The summed E-state index contributed by atoms with van der Waals surface area (Å²) in [6.45, 7) is 0.214. The fourth-order valence-electron chi connectivity index (χ4n) is 4.46. The van der Waals surface area contributed by atoms with Crippen molar-refractivity contribution in [1.29, 1.82) is 0 Å². The van der Waals surface area contributed by atoms with Gasteiger partial charge in [-0.25, -0.2) is 9.18 Å². The molecule has 1 aliphatic heterocycles. The van der Waals surface area contributed by atoms with Crippen molar-refractivity contribution < 1.29 is 23.5 Å². The number of carbonyl (C=O) groups is 2. The largest absolute Gasteiger partial charge is 0.478 e. The van der Waals surface area contributed by atoms with Crippen LogP contribution < -0.4 is 10.6 Å². The van der Waals surface area contributed by atoms with Gasteiger partial charge in [0.2, 0.25) is 5.91 Å². The Labute approximate surface area is 233 Å². The molecule has 0 bridgehead atoms. The van der Waals surface area contributed by atoms with E-state index in [0.29, 0.717) is 32.9 Å². The fourth-order valence-corrected chi connectivity index (χ4v) is 5.00. The number of nitrogens with zero attached hydrogens (tertiary/aromatic N) is 2. The highest BCUT2D eigenvalue weighted by atomic mass is 35.5. The number of benzene rings is 2. The lowest BCUT2D eigenvalue weighted by molar-refractivity contribution is -0.116. The van der Waals surface area contributed by atoms with Crippen LogP contribution in [0.2, 0.25) is 5.02 Å². The van der Waals surface area contributed by atoms with E-state index >= 15 is 0 Å². The van der Waals surface area contributed by atoms with Gasteiger partial charge in [-0.3, -0.25) is 9.78 Å². The first-order valence-electron chi connectivity index (χ1n) is 12.0.